The van der Waals surface area contributed by atoms with Crippen LogP contribution in [-0.4, -0.2) is 12.1 Å². The van der Waals surface area contributed by atoms with Crippen molar-refractivity contribution >= 4 is 12.1 Å². The largest absolute Gasteiger partial charge is 0.489 e. The Kier molecular flexibility index (Phi) is 5.04. The van der Waals surface area contributed by atoms with E-state index in [1.54, 1.807) is 30.5 Å². The van der Waals surface area contributed by atoms with Gasteiger partial charge < -0.3 is 9.15 Å². The summed E-state index contributed by atoms with van der Waals surface area (Å²) < 4.78 is 10.7. The molecule has 5 heteroatoms. The SMILES string of the molecule is O=C(N/N=C\c1ccco1)c1ccc(COc2ccccc2)cc1. The first-order valence-corrected chi connectivity index (χ1v) is 7.45. The Hall–Kier alpha value is -3.34. The molecule has 0 saturated heterocycles. The number of carbonyl (C=O) groups excluding carboxylic acids is 1. The minimum absolute atomic E-state index is 0.284. The molecule has 1 heterocycles. The molecule has 0 aliphatic rings. The van der Waals surface area contributed by atoms with Crippen molar-refractivity contribution in [3.8, 4) is 5.75 Å². The van der Waals surface area contributed by atoms with E-state index in [9.17, 15) is 4.79 Å². The van der Waals surface area contributed by atoms with Gasteiger partial charge in [-0.15, -0.1) is 0 Å². The second kappa shape index (κ2) is 7.78. The highest BCUT2D eigenvalue weighted by atomic mass is 16.5. The molecular weight excluding hydrogens is 304 g/mol. The first-order chi connectivity index (χ1) is 11.8. The predicted molar refractivity (Wildman–Crippen MR) is 91.0 cm³/mol. The second-order valence-electron chi connectivity index (χ2n) is 5.01. The van der Waals surface area contributed by atoms with E-state index < -0.39 is 0 Å². The number of rotatable bonds is 6. The van der Waals surface area contributed by atoms with Crippen molar-refractivity contribution in [2.24, 2.45) is 5.10 Å². The Morgan fingerprint density at radius 1 is 1.04 bits per heavy atom. The number of hydrogen-bond donors (Lipinski definition) is 1. The number of para-hydroxylation sites is 1. The zero-order valence-electron chi connectivity index (χ0n) is 12.9. The summed E-state index contributed by atoms with van der Waals surface area (Å²) in [5.74, 6) is 1.10. The summed E-state index contributed by atoms with van der Waals surface area (Å²) in [6.45, 7) is 0.447. The average molecular weight is 320 g/mol. The standard InChI is InChI=1S/C19H16N2O3/c22-19(21-20-13-18-7-4-12-23-18)16-10-8-15(9-11-16)14-24-17-5-2-1-3-6-17/h1-13H,14H2,(H,21,22)/b20-13-. The maximum atomic E-state index is 12.0. The quantitative estimate of drug-likeness (QED) is 0.557. The highest BCUT2D eigenvalue weighted by Crippen LogP contribution is 2.12. The number of hydrogen-bond acceptors (Lipinski definition) is 4. The maximum absolute atomic E-state index is 12.0. The van der Waals surface area contributed by atoms with Gasteiger partial charge in [-0.1, -0.05) is 30.3 Å². The van der Waals surface area contributed by atoms with E-state index in [1.807, 2.05) is 42.5 Å². The molecule has 0 aliphatic heterocycles. The first kappa shape index (κ1) is 15.6. The number of carbonyl (C=O) groups is 1. The van der Waals surface area contributed by atoms with Crippen LogP contribution in [0.15, 0.2) is 82.5 Å². The van der Waals surface area contributed by atoms with Crippen LogP contribution in [-0.2, 0) is 6.61 Å². The van der Waals surface area contributed by atoms with Gasteiger partial charge in [-0.2, -0.15) is 5.10 Å². The minimum atomic E-state index is -0.284. The van der Waals surface area contributed by atoms with Gasteiger partial charge in [0.1, 0.15) is 18.1 Å². The van der Waals surface area contributed by atoms with E-state index in [0.717, 1.165) is 11.3 Å². The molecule has 0 bridgehead atoms. The fourth-order valence-corrected chi connectivity index (χ4v) is 2.02. The third-order valence-electron chi connectivity index (χ3n) is 3.27. The lowest BCUT2D eigenvalue weighted by Crippen LogP contribution is -2.17. The number of nitrogens with one attached hydrogen (secondary N) is 1. The lowest BCUT2D eigenvalue weighted by Gasteiger charge is -2.06. The highest BCUT2D eigenvalue weighted by molar-refractivity contribution is 5.94. The van der Waals surface area contributed by atoms with Gasteiger partial charge in [-0.3, -0.25) is 4.79 Å². The van der Waals surface area contributed by atoms with Gasteiger partial charge in [0.2, 0.25) is 0 Å². The zero-order valence-corrected chi connectivity index (χ0v) is 12.9. The van der Waals surface area contributed by atoms with E-state index in [4.69, 9.17) is 9.15 Å². The molecule has 0 aliphatic carbocycles. The van der Waals surface area contributed by atoms with Crippen LogP contribution in [0.4, 0.5) is 0 Å². The minimum Gasteiger partial charge on any atom is -0.489 e. The Morgan fingerprint density at radius 2 is 1.83 bits per heavy atom. The van der Waals surface area contributed by atoms with Gasteiger partial charge in [-0.05, 0) is 42.0 Å². The van der Waals surface area contributed by atoms with E-state index in [1.165, 1.54) is 6.21 Å². The molecule has 0 saturated carbocycles. The molecule has 3 aromatic rings. The maximum Gasteiger partial charge on any atom is 0.271 e. The van der Waals surface area contributed by atoms with Gasteiger partial charge in [-0.25, -0.2) is 5.43 Å². The normalized spacial score (nSPS) is 10.7. The number of ether oxygens (including phenoxy) is 1. The lowest BCUT2D eigenvalue weighted by atomic mass is 10.1. The summed E-state index contributed by atoms with van der Waals surface area (Å²) in [5, 5.41) is 3.85. The van der Waals surface area contributed by atoms with Gasteiger partial charge in [0.25, 0.3) is 5.91 Å². The van der Waals surface area contributed by atoms with Gasteiger partial charge >= 0.3 is 0 Å². The van der Waals surface area contributed by atoms with Crippen molar-refractivity contribution in [1.29, 1.82) is 0 Å². The number of benzene rings is 2. The molecule has 24 heavy (non-hydrogen) atoms. The molecule has 2 aromatic carbocycles. The van der Waals surface area contributed by atoms with Crippen LogP contribution >= 0.6 is 0 Å². The van der Waals surface area contributed by atoms with E-state index in [2.05, 4.69) is 10.5 Å². The smallest absolute Gasteiger partial charge is 0.271 e. The molecule has 120 valence electrons. The lowest BCUT2D eigenvalue weighted by molar-refractivity contribution is 0.0955. The molecule has 3 rings (SSSR count). The molecular formula is C19H16N2O3. The molecule has 0 atom stereocenters. The first-order valence-electron chi connectivity index (χ1n) is 7.45. The number of furan rings is 1. The fourth-order valence-electron chi connectivity index (χ4n) is 2.02. The van der Waals surface area contributed by atoms with Crippen LogP contribution in [0, 0.1) is 0 Å². The topological polar surface area (TPSA) is 63.8 Å². The zero-order chi connectivity index (χ0) is 16.6. The molecule has 5 nitrogen and oxygen atoms in total. The monoisotopic (exact) mass is 320 g/mol. The molecule has 0 unspecified atom stereocenters. The van der Waals surface area contributed by atoms with Crippen molar-refractivity contribution in [2.45, 2.75) is 6.61 Å². The van der Waals surface area contributed by atoms with Gasteiger partial charge in [0, 0.05) is 5.56 Å². The summed E-state index contributed by atoms with van der Waals surface area (Å²) in [6, 6.07) is 20.3. The molecule has 1 aromatic heterocycles. The van der Waals surface area contributed by atoms with Crippen LogP contribution in [0.1, 0.15) is 21.7 Å². The van der Waals surface area contributed by atoms with Crippen LogP contribution in [0.3, 0.4) is 0 Å². The Morgan fingerprint density at radius 3 is 2.54 bits per heavy atom. The summed E-state index contributed by atoms with van der Waals surface area (Å²) >= 11 is 0. The Labute approximate surface area is 139 Å². The third kappa shape index (κ3) is 4.33. The third-order valence-corrected chi connectivity index (χ3v) is 3.27. The van der Waals surface area contributed by atoms with Crippen molar-refractivity contribution < 1.29 is 13.9 Å². The van der Waals surface area contributed by atoms with Crippen LogP contribution in [0.5, 0.6) is 5.75 Å². The van der Waals surface area contributed by atoms with Crippen molar-refractivity contribution in [2.75, 3.05) is 0 Å². The van der Waals surface area contributed by atoms with E-state index in [0.29, 0.717) is 17.9 Å². The number of nitrogens with zero attached hydrogens (tertiary/aromatic N) is 1. The Balaban J connectivity index is 1.52. The fraction of sp³-hybridized carbons (Fsp3) is 0.0526. The van der Waals surface area contributed by atoms with E-state index in [-0.39, 0.29) is 5.91 Å². The molecule has 0 fully saturated rings. The van der Waals surface area contributed by atoms with Crippen LogP contribution < -0.4 is 10.2 Å². The van der Waals surface area contributed by atoms with Gasteiger partial charge in [0.15, 0.2) is 0 Å². The highest BCUT2D eigenvalue weighted by Gasteiger charge is 2.04. The number of amides is 1. The average Bonchev–Trinajstić information content (AvgIpc) is 3.15. The van der Waals surface area contributed by atoms with Crippen molar-refractivity contribution in [3.05, 3.63) is 89.9 Å². The van der Waals surface area contributed by atoms with E-state index >= 15 is 0 Å². The van der Waals surface area contributed by atoms with Crippen molar-refractivity contribution in [3.63, 3.8) is 0 Å². The summed E-state index contributed by atoms with van der Waals surface area (Å²) in [7, 11) is 0. The number of hydrazone groups is 1. The summed E-state index contributed by atoms with van der Waals surface area (Å²) in [4.78, 5) is 12.0. The van der Waals surface area contributed by atoms with Crippen molar-refractivity contribution in [1.82, 2.24) is 5.43 Å². The summed E-state index contributed by atoms with van der Waals surface area (Å²) in [5.41, 5.74) is 3.96. The van der Waals surface area contributed by atoms with Crippen LogP contribution in [0.2, 0.25) is 0 Å². The molecule has 0 radical (unpaired) electrons. The molecule has 1 amide bonds. The van der Waals surface area contributed by atoms with Crippen LogP contribution in [0.25, 0.3) is 0 Å². The summed E-state index contributed by atoms with van der Waals surface area (Å²) in [6.07, 6.45) is 2.99. The predicted octanol–water partition coefficient (Wildman–Crippen LogP) is 3.62. The Bertz CT molecular complexity index is 794. The second-order valence-corrected chi connectivity index (χ2v) is 5.01. The van der Waals surface area contributed by atoms with Gasteiger partial charge in [0.05, 0.1) is 12.5 Å². The molecule has 0 spiro atoms. The molecule has 1 N–H and O–H groups in total.